The van der Waals surface area contributed by atoms with Crippen LogP contribution in [-0.4, -0.2) is 4.98 Å². The smallest absolute Gasteiger partial charge is 0.0619 e. The summed E-state index contributed by atoms with van der Waals surface area (Å²) in [6.45, 7) is 4.09. The molecule has 24 heavy (non-hydrogen) atoms. The Labute approximate surface area is 141 Å². The van der Waals surface area contributed by atoms with Gasteiger partial charge >= 0.3 is 0 Å². The van der Waals surface area contributed by atoms with Crippen molar-refractivity contribution < 1.29 is 0 Å². The van der Waals surface area contributed by atoms with Crippen molar-refractivity contribution in [2.75, 3.05) is 16.8 Å². The second-order valence-electron chi connectivity index (χ2n) is 5.65. The number of hydrogen-bond donors (Lipinski definition) is 3. The van der Waals surface area contributed by atoms with Crippen molar-refractivity contribution in [1.82, 2.24) is 4.98 Å². The van der Waals surface area contributed by atoms with Gasteiger partial charge in [-0.15, -0.1) is 0 Å². The Balaban J connectivity index is 1.69. The van der Waals surface area contributed by atoms with Gasteiger partial charge in [-0.2, -0.15) is 0 Å². The topological polar surface area (TPSA) is 77.0 Å². The van der Waals surface area contributed by atoms with E-state index in [2.05, 4.69) is 29.0 Å². The second kappa shape index (κ2) is 6.87. The predicted octanol–water partition coefficient (Wildman–Crippen LogP) is 3.92. The van der Waals surface area contributed by atoms with Gasteiger partial charge in [0.1, 0.15) is 0 Å². The molecule has 4 heteroatoms. The van der Waals surface area contributed by atoms with Gasteiger partial charge in [0.05, 0.1) is 11.4 Å². The number of nitrogens with zero attached hydrogens (tertiary/aromatic N) is 1. The fraction of sp³-hybridized carbons (Fsp3) is 0.0500. The molecule has 0 fully saturated rings. The van der Waals surface area contributed by atoms with Crippen LogP contribution in [0.1, 0.15) is 16.8 Å². The number of hydrogen-bond acceptors (Lipinski definition) is 4. The lowest BCUT2D eigenvalue weighted by Gasteiger charge is -2.13. The van der Waals surface area contributed by atoms with E-state index in [0.717, 1.165) is 29.1 Å². The molecule has 3 rings (SSSR count). The van der Waals surface area contributed by atoms with Gasteiger partial charge in [-0.1, -0.05) is 36.9 Å². The fourth-order valence-electron chi connectivity index (χ4n) is 2.47. The van der Waals surface area contributed by atoms with E-state index in [4.69, 9.17) is 11.5 Å². The second-order valence-corrected chi connectivity index (χ2v) is 5.65. The van der Waals surface area contributed by atoms with E-state index in [1.54, 1.807) is 6.07 Å². The quantitative estimate of drug-likeness (QED) is 0.624. The van der Waals surface area contributed by atoms with Crippen LogP contribution < -0.4 is 16.8 Å². The zero-order valence-electron chi connectivity index (χ0n) is 13.4. The monoisotopic (exact) mass is 316 g/mol. The van der Waals surface area contributed by atoms with Crippen LogP contribution in [0.3, 0.4) is 0 Å². The average Bonchev–Trinajstić information content (AvgIpc) is 2.59. The summed E-state index contributed by atoms with van der Waals surface area (Å²) in [5, 5.41) is 3.24. The van der Waals surface area contributed by atoms with E-state index in [-0.39, 0.29) is 0 Å². The summed E-state index contributed by atoms with van der Waals surface area (Å²) in [5.41, 5.74) is 17.8. The number of aromatic nitrogens is 1. The highest BCUT2D eigenvalue weighted by atomic mass is 14.9. The number of pyridine rings is 1. The van der Waals surface area contributed by atoms with Crippen LogP contribution in [0.15, 0.2) is 73.4 Å². The van der Waals surface area contributed by atoms with Crippen molar-refractivity contribution in [3.8, 4) is 0 Å². The molecule has 0 bridgehead atoms. The molecule has 0 aliphatic rings. The minimum absolute atomic E-state index is 0.600. The maximum Gasteiger partial charge on any atom is 0.0619 e. The molecular formula is C20H20N4. The lowest BCUT2D eigenvalue weighted by Crippen LogP contribution is -2.02. The van der Waals surface area contributed by atoms with Gasteiger partial charge < -0.3 is 16.8 Å². The first-order chi connectivity index (χ1) is 11.6. The molecule has 0 saturated heterocycles. The molecule has 0 aliphatic carbocycles. The van der Waals surface area contributed by atoms with E-state index in [1.165, 1.54) is 5.56 Å². The SMILES string of the molecule is C=C(Nc1ccc(N)cc1N)c1ccc(Cc2ccccn2)cc1. The number of benzene rings is 2. The van der Waals surface area contributed by atoms with Crippen LogP contribution in [0.25, 0.3) is 5.70 Å². The summed E-state index contributed by atoms with van der Waals surface area (Å²) in [6.07, 6.45) is 2.62. The number of rotatable bonds is 5. The molecule has 120 valence electrons. The maximum atomic E-state index is 5.97. The van der Waals surface area contributed by atoms with E-state index < -0.39 is 0 Å². The highest BCUT2D eigenvalue weighted by molar-refractivity contribution is 5.82. The van der Waals surface area contributed by atoms with Crippen molar-refractivity contribution in [3.05, 3.63) is 90.3 Å². The van der Waals surface area contributed by atoms with Crippen molar-refractivity contribution >= 4 is 22.8 Å². The molecule has 0 aliphatic heterocycles. The van der Waals surface area contributed by atoms with Crippen molar-refractivity contribution in [1.29, 1.82) is 0 Å². The first kappa shape index (κ1) is 15.6. The van der Waals surface area contributed by atoms with Gasteiger partial charge in [-0.3, -0.25) is 4.98 Å². The van der Waals surface area contributed by atoms with Crippen LogP contribution in [-0.2, 0) is 6.42 Å². The Bertz CT molecular complexity index is 839. The molecule has 0 spiro atoms. The third kappa shape index (κ3) is 3.73. The Morgan fingerprint density at radius 3 is 2.46 bits per heavy atom. The molecule has 5 N–H and O–H groups in total. The number of nitrogen functional groups attached to an aromatic ring is 2. The maximum absolute atomic E-state index is 5.97. The molecule has 1 aromatic heterocycles. The minimum atomic E-state index is 0.600. The molecule has 2 aromatic carbocycles. The lowest BCUT2D eigenvalue weighted by molar-refractivity contribution is 1.07. The van der Waals surface area contributed by atoms with E-state index in [1.807, 2.05) is 48.7 Å². The normalized spacial score (nSPS) is 10.3. The number of anilines is 3. The molecule has 0 atom stereocenters. The fourth-order valence-corrected chi connectivity index (χ4v) is 2.47. The largest absolute Gasteiger partial charge is 0.399 e. The molecular weight excluding hydrogens is 296 g/mol. The van der Waals surface area contributed by atoms with Crippen molar-refractivity contribution in [3.63, 3.8) is 0 Å². The van der Waals surface area contributed by atoms with Gasteiger partial charge in [0.25, 0.3) is 0 Å². The summed E-state index contributed by atoms with van der Waals surface area (Å²) < 4.78 is 0. The van der Waals surface area contributed by atoms with Crippen LogP contribution >= 0.6 is 0 Å². The molecule has 0 radical (unpaired) electrons. The Morgan fingerprint density at radius 2 is 1.79 bits per heavy atom. The van der Waals surface area contributed by atoms with Gasteiger partial charge in [0.15, 0.2) is 0 Å². The summed E-state index contributed by atoms with van der Waals surface area (Å²) in [7, 11) is 0. The summed E-state index contributed by atoms with van der Waals surface area (Å²) in [6, 6.07) is 19.6. The van der Waals surface area contributed by atoms with E-state index in [9.17, 15) is 0 Å². The van der Waals surface area contributed by atoms with Gasteiger partial charge in [0.2, 0.25) is 0 Å². The summed E-state index contributed by atoms with van der Waals surface area (Å²) >= 11 is 0. The molecule has 1 heterocycles. The molecule has 4 nitrogen and oxygen atoms in total. The third-order valence-electron chi connectivity index (χ3n) is 3.77. The molecule has 0 saturated carbocycles. The zero-order chi connectivity index (χ0) is 16.9. The highest BCUT2D eigenvalue weighted by Crippen LogP contribution is 2.25. The lowest BCUT2D eigenvalue weighted by atomic mass is 10.1. The average molecular weight is 316 g/mol. The van der Waals surface area contributed by atoms with E-state index in [0.29, 0.717) is 11.4 Å². The standard InChI is InChI=1S/C20H20N4/c1-14(24-20-10-9-17(21)13-19(20)22)16-7-5-15(6-8-16)12-18-4-2-3-11-23-18/h2-11,13,24H,1,12,21-22H2. The Hall–Kier alpha value is -3.27. The summed E-state index contributed by atoms with van der Waals surface area (Å²) in [4.78, 5) is 4.35. The van der Waals surface area contributed by atoms with Crippen molar-refractivity contribution in [2.45, 2.75) is 6.42 Å². The van der Waals surface area contributed by atoms with Gasteiger partial charge in [-0.05, 0) is 41.5 Å². The zero-order valence-corrected chi connectivity index (χ0v) is 13.4. The van der Waals surface area contributed by atoms with Gasteiger partial charge in [0, 0.05) is 29.7 Å². The Kier molecular flexibility index (Phi) is 4.47. The van der Waals surface area contributed by atoms with Crippen LogP contribution in [0.2, 0.25) is 0 Å². The highest BCUT2D eigenvalue weighted by Gasteiger charge is 2.04. The molecule has 0 amide bonds. The number of nitrogens with two attached hydrogens (primary N) is 2. The molecule has 0 unspecified atom stereocenters. The summed E-state index contributed by atoms with van der Waals surface area (Å²) in [5.74, 6) is 0. The molecule has 3 aromatic rings. The van der Waals surface area contributed by atoms with Crippen LogP contribution in [0.5, 0.6) is 0 Å². The van der Waals surface area contributed by atoms with E-state index >= 15 is 0 Å². The Morgan fingerprint density at radius 1 is 1.00 bits per heavy atom. The predicted molar refractivity (Wildman–Crippen MR) is 101 cm³/mol. The van der Waals surface area contributed by atoms with Gasteiger partial charge in [-0.25, -0.2) is 0 Å². The first-order valence-electron chi connectivity index (χ1n) is 7.72. The van der Waals surface area contributed by atoms with Crippen LogP contribution in [0, 0.1) is 0 Å². The number of nitrogens with one attached hydrogen (secondary N) is 1. The minimum Gasteiger partial charge on any atom is -0.399 e. The van der Waals surface area contributed by atoms with Crippen LogP contribution in [0.4, 0.5) is 17.1 Å². The first-order valence-corrected chi connectivity index (χ1v) is 7.72. The van der Waals surface area contributed by atoms with Crippen molar-refractivity contribution in [2.24, 2.45) is 0 Å². The third-order valence-corrected chi connectivity index (χ3v) is 3.77.